The molecule has 12 heavy (non-hydrogen) atoms. The van der Waals surface area contributed by atoms with E-state index in [0.717, 1.165) is 0 Å². The second-order valence-corrected chi connectivity index (χ2v) is 4.28. The highest BCUT2D eigenvalue weighted by atomic mass is 79.9. The lowest BCUT2D eigenvalue weighted by Gasteiger charge is -2.22. The Labute approximate surface area is 81.4 Å². The molecule has 0 nitrogen and oxygen atoms in total. The molecule has 0 spiro atoms. The number of halogens is 1. The summed E-state index contributed by atoms with van der Waals surface area (Å²) in [7, 11) is 0. The van der Waals surface area contributed by atoms with Crippen molar-refractivity contribution >= 4 is 22.0 Å². The maximum absolute atomic E-state index is 3.64. The molecule has 0 heterocycles. The minimum Gasteiger partial charge on any atom is -0.0839 e. The predicted octanol–water partition coefficient (Wildman–Crippen LogP) is 3.58. The zero-order chi connectivity index (χ0) is 8.55. The van der Waals surface area contributed by atoms with Gasteiger partial charge in [0.2, 0.25) is 0 Å². The van der Waals surface area contributed by atoms with Crippen LogP contribution in [0, 0.1) is 0 Å². The lowest BCUT2D eigenvalue weighted by atomic mass is 9.89. The molecule has 0 N–H and O–H groups in total. The van der Waals surface area contributed by atoms with E-state index >= 15 is 0 Å². The second-order valence-electron chi connectivity index (χ2n) is 3.22. The van der Waals surface area contributed by atoms with Crippen molar-refractivity contribution in [2.75, 3.05) is 0 Å². The highest BCUT2D eigenvalue weighted by Gasteiger charge is 2.18. The molecule has 0 aromatic heterocycles. The number of alkyl halides is 1. The van der Waals surface area contributed by atoms with E-state index in [1.54, 1.807) is 0 Å². The van der Waals surface area contributed by atoms with E-state index in [1.165, 1.54) is 11.1 Å². The average molecular weight is 223 g/mol. The average Bonchev–Trinajstić information content (AvgIpc) is 2.12. The Morgan fingerprint density at radius 2 is 2.00 bits per heavy atom. The summed E-state index contributed by atoms with van der Waals surface area (Å²) >= 11 is 3.64. The first-order valence-corrected chi connectivity index (χ1v) is 5.12. The van der Waals surface area contributed by atoms with Crippen LogP contribution in [0.2, 0.25) is 0 Å². The fourth-order valence-corrected chi connectivity index (χ4v) is 2.05. The molecule has 0 amide bonds. The third-order valence-electron chi connectivity index (χ3n) is 2.42. The Morgan fingerprint density at radius 1 is 1.25 bits per heavy atom. The van der Waals surface area contributed by atoms with Gasteiger partial charge in [0.25, 0.3) is 0 Å². The fraction of sp³-hybridized carbons (Fsp3) is 0.273. The van der Waals surface area contributed by atoms with Crippen molar-refractivity contribution in [1.29, 1.82) is 0 Å². The van der Waals surface area contributed by atoms with Crippen molar-refractivity contribution in [2.24, 2.45) is 0 Å². The Morgan fingerprint density at radius 3 is 2.83 bits per heavy atom. The first-order chi connectivity index (χ1) is 5.79. The van der Waals surface area contributed by atoms with Crippen LogP contribution in [0.25, 0.3) is 6.08 Å². The third-order valence-corrected chi connectivity index (χ3v) is 3.52. The van der Waals surface area contributed by atoms with Gasteiger partial charge in [0.05, 0.1) is 0 Å². The molecule has 0 fully saturated rings. The fourth-order valence-electron chi connectivity index (χ4n) is 1.61. The summed E-state index contributed by atoms with van der Waals surface area (Å²) in [6, 6.07) is 8.57. The van der Waals surface area contributed by atoms with Gasteiger partial charge in [-0.25, -0.2) is 0 Å². The van der Waals surface area contributed by atoms with Crippen molar-refractivity contribution in [3.05, 3.63) is 41.5 Å². The molecule has 2 unspecified atom stereocenters. The Bertz CT molecular complexity index is 315. The second kappa shape index (κ2) is 3.06. The van der Waals surface area contributed by atoms with Crippen molar-refractivity contribution in [1.82, 2.24) is 0 Å². The van der Waals surface area contributed by atoms with Crippen LogP contribution in [0.15, 0.2) is 30.3 Å². The number of rotatable bonds is 0. The SMILES string of the molecule is CC1c2ccccc2C=CC1Br. The highest BCUT2D eigenvalue weighted by Crippen LogP contribution is 2.33. The van der Waals surface area contributed by atoms with Crippen LogP contribution in [0.5, 0.6) is 0 Å². The molecule has 62 valence electrons. The van der Waals surface area contributed by atoms with Gasteiger partial charge >= 0.3 is 0 Å². The number of allylic oxidation sites excluding steroid dienone is 1. The van der Waals surface area contributed by atoms with Crippen LogP contribution >= 0.6 is 15.9 Å². The molecule has 1 aromatic rings. The number of hydrogen-bond acceptors (Lipinski definition) is 0. The Balaban J connectivity index is 2.52. The zero-order valence-corrected chi connectivity index (χ0v) is 8.58. The summed E-state index contributed by atoms with van der Waals surface area (Å²) < 4.78 is 0. The number of hydrogen-bond donors (Lipinski definition) is 0. The molecular formula is C11H11Br. The minimum absolute atomic E-state index is 0.493. The van der Waals surface area contributed by atoms with Crippen LogP contribution in [0.1, 0.15) is 24.0 Å². The molecule has 0 saturated carbocycles. The zero-order valence-electron chi connectivity index (χ0n) is 7.00. The lowest BCUT2D eigenvalue weighted by Crippen LogP contribution is -2.10. The monoisotopic (exact) mass is 222 g/mol. The topological polar surface area (TPSA) is 0 Å². The molecule has 0 bridgehead atoms. The van der Waals surface area contributed by atoms with Gasteiger partial charge in [-0.15, -0.1) is 0 Å². The van der Waals surface area contributed by atoms with E-state index in [0.29, 0.717) is 10.7 Å². The van der Waals surface area contributed by atoms with E-state index in [-0.39, 0.29) is 0 Å². The van der Waals surface area contributed by atoms with Crippen molar-refractivity contribution in [3.8, 4) is 0 Å². The van der Waals surface area contributed by atoms with Crippen molar-refractivity contribution in [3.63, 3.8) is 0 Å². The van der Waals surface area contributed by atoms with Crippen LogP contribution in [-0.2, 0) is 0 Å². The molecule has 2 rings (SSSR count). The maximum atomic E-state index is 3.64. The summed E-state index contributed by atoms with van der Waals surface area (Å²) in [6.45, 7) is 2.25. The van der Waals surface area contributed by atoms with E-state index in [9.17, 15) is 0 Å². The van der Waals surface area contributed by atoms with E-state index in [4.69, 9.17) is 0 Å². The first kappa shape index (κ1) is 8.06. The number of benzene rings is 1. The third kappa shape index (κ3) is 1.22. The largest absolute Gasteiger partial charge is 0.0839 e. The first-order valence-electron chi connectivity index (χ1n) is 4.20. The molecule has 1 aliphatic carbocycles. The van der Waals surface area contributed by atoms with Gasteiger partial charge in [-0.3, -0.25) is 0 Å². The molecule has 2 atom stereocenters. The summed E-state index contributed by atoms with van der Waals surface area (Å²) in [6.07, 6.45) is 4.40. The predicted molar refractivity (Wildman–Crippen MR) is 56.6 cm³/mol. The van der Waals surface area contributed by atoms with E-state index < -0.39 is 0 Å². The van der Waals surface area contributed by atoms with Gasteiger partial charge in [-0.2, -0.15) is 0 Å². The Hall–Kier alpha value is -0.560. The minimum atomic E-state index is 0.493. The molecular weight excluding hydrogens is 212 g/mol. The standard InChI is InChI=1S/C11H11Br/c1-8-10-5-3-2-4-9(10)6-7-11(8)12/h2-8,11H,1H3. The van der Waals surface area contributed by atoms with Crippen LogP contribution < -0.4 is 0 Å². The molecule has 1 heteroatoms. The van der Waals surface area contributed by atoms with Crippen molar-refractivity contribution in [2.45, 2.75) is 17.7 Å². The van der Waals surface area contributed by atoms with Gasteiger partial charge in [0.1, 0.15) is 0 Å². The summed E-state index contributed by atoms with van der Waals surface area (Å²) in [5.41, 5.74) is 2.81. The quantitative estimate of drug-likeness (QED) is 0.589. The van der Waals surface area contributed by atoms with Gasteiger partial charge in [-0.1, -0.05) is 59.3 Å². The molecule has 1 aromatic carbocycles. The lowest BCUT2D eigenvalue weighted by molar-refractivity contribution is 0.796. The smallest absolute Gasteiger partial charge is 0.0394 e. The molecule has 1 aliphatic rings. The molecule has 0 saturated heterocycles. The van der Waals surface area contributed by atoms with E-state index in [1.807, 2.05) is 0 Å². The van der Waals surface area contributed by atoms with Gasteiger partial charge in [0, 0.05) is 4.83 Å². The maximum Gasteiger partial charge on any atom is 0.0394 e. The molecule has 0 radical (unpaired) electrons. The van der Waals surface area contributed by atoms with Gasteiger partial charge in [-0.05, 0) is 17.0 Å². The van der Waals surface area contributed by atoms with Crippen LogP contribution in [0.3, 0.4) is 0 Å². The van der Waals surface area contributed by atoms with Crippen molar-refractivity contribution < 1.29 is 0 Å². The molecule has 0 aliphatic heterocycles. The highest BCUT2D eigenvalue weighted by molar-refractivity contribution is 9.09. The van der Waals surface area contributed by atoms with Crippen LogP contribution in [0.4, 0.5) is 0 Å². The Kier molecular flexibility index (Phi) is 2.05. The summed E-state index contributed by atoms with van der Waals surface area (Å²) in [4.78, 5) is 0.493. The van der Waals surface area contributed by atoms with Gasteiger partial charge < -0.3 is 0 Å². The summed E-state index contributed by atoms with van der Waals surface area (Å²) in [5, 5.41) is 0. The normalized spacial score (nSPS) is 26.8. The van der Waals surface area contributed by atoms with Gasteiger partial charge in [0.15, 0.2) is 0 Å². The summed E-state index contributed by atoms with van der Waals surface area (Å²) in [5.74, 6) is 0.589. The number of fused-ring (bicyclic) bond motifs is 1. The van der Waals surface area contributed by atoms with Crippen LogP contribution in [-0.4, -0.2) is 4.83 Å². The van der Waals surface area contributed by atoms with E-state index in [2.05, 4.69) is 59.3 Å².